The molecule has 1 heterocycles. The fourth-order valence-corrected chi connectivity index (χ4v) is 2.91. The minimum Gasteiger partial charge on any atom is -0.494 e. The van der Waals surface area contributed by atoms with Gasteiger partial charge in [-0.25, -0.2) is 0 Å². The van der Waals surface area contributed by atoms with Crippen molar-refractivity contribution in [3.63, 3.8) is 0 Å². The van der Waals surface area contributed by atoms with Crippen LogP contribution in [0, 0.1) is 0 Å². The summed E-state index contributed by atoms with van der Waals surface area (Å²) in [4.78, 5) is 1.31. The van der Waals surface area contributed by atoms with E-state index in [1.165, 1.54) is 21.6 Å². The fraction of sp³-hybridized carbons (Fsp3) is 0.111. The Morgan fingerprint density at radius 2 is 1.40 bits per heavy atom. The molecule has 3 aromatic rings. The van der Waals surface area contributed by atoms with Crippen LogP contribution in [0.15, 0.2) is 66.0 Å². The molecule has 0 unspecified atom stereocenters. The van der Waals surface area contributed by atoms with Crippen LogP contribution in [0.3, 0.4) is 0 Å². The van der Waals surface area contributed by atoms with Gasteiger partial charge in [0.25, 0.3) is 0 Å². The Morgan fingerprint density at radius 1 is 0.800 bits per heavy atom. The minimum absolute atomic E-state index is 0.703. The summed E-state index contributed by atoms with van der Waals surface area (Å²) in [6.07, 6.45) is 0. The molecule has 0 spiro atoms. The van der Waals surface area contributed by atoms with Crippen LogP contribution in [0.5, 0.6) is 5.75 Å². The Balaban J connectivity index is 1.83. The first-order valence-electron chi connectivity index (χ1n) is 6.74. The average molecular weight is 280 g/mol. The smallest absolute Gasteiger partial charge is 0.119 e. The second kappa shape index (κ2) is 5.93. The van der Waals surface area contributed by atoms with Gasteiger partial charge in [0.15, 0.2) is 0 Å². The van der Waals surface area contributed by atoms with E-state index in [4.69, 9.17) is 4.74 Å². The lowest BCUT2D eigenvalue weighted by atomic mass is 10.0. The number of hydrogen-bond acceptors (Lipinski definition) is 2. The summed E-state index contributed by atoms with van der Waals surface area (Å²) in [7, 11) is 0. The topological polar surface area (TPSA) is 9.23 Å². The van der Waals surface area contributed by atoms with Gasteiger partial charge in [-0.2, -0.15) is 0 Å². The standard InChI is InChI=1S/C18H16OS/c1-2-19-17-11-9-15(10-12-17)14-5-7-16(8-6-14)18-4-3-13-20-18/h3-13H,2H2,1H3. The zero-order valence-corrected chi connectivity index (χ0v) is 12.2. The molecule has 1 nitrogen and oxygen atoms in total. The zero-order valence-electron chi connectivity index (χ0n) is 11.4. The first-order chi connectivity index (χ1) is 9.86. The lowest BCUT2D eigenvalue weighted by Gasteiger charge is -2.06. The number of benzene rings is 2. The van der Waals surface area contributed by atoms with Crippen molar-refractivity contribution in [1.82, 2.24) is 0 Å². The molecule has 0 atom stereocenters. The van der Waals surface area contributed by atoms with E-state index in [2.05, 4.69) is 53.9 Å². The highest BCUT2D eigenvalue weighted by Crippen LogP contribution is 2.28. The van der Waals surface area contributed by atoms with E-state index in [1.807, 2.05) is 19.1 Å². The summed E-state index contributed by atoms with van der Waals surface area (Å²) >= 11 is 1.77. The predicted octanol–water partition coefficient (Wildman–Crippen LogP) is 5.48. The third-order valence-corrected chi connectivity index (χ3v) is 4.11. The molecule has 0 bridgehead atoms. The highest BCUT2D eigenvalue weighted by Gasteiger charge is 2.01. The molecular weight excluding hydrogens is 264 g/mol. The maximum Gasteiger partial charge on any atom is 0.119 e. The van der Waals surface area contributed by atoms with Crippen LogP contribution in [0.4, 0.5) is 0 Å². The molecule has 20 heavy (non-hydrogen) atoms. The third-order valence-electron chi connectivity index (χ3n) is 3.19. The Kier molecular flexibility index (Phi) is 3.84. The molecule has 2 heteroatoms. The molecule has 0 amide bonds. The number of hydrogen-bond donors (Lipinski definition) is 0. The maximum atomic E-state index is 5.47. The molecule has 0 aliphatic rings. The average Bonchev–Trinajstić information content (AvgIpc) is 3.03. The van der Waals surface area contributed by atoms with Crippen molar-refractivity contribution >= 4 is 11.3 Å². The van der Waals surface area contributed by atoms with Gasteiger partial charge < -0.3 is 4.74 Å². The van der Waals surface area contributed by atoms with E-state index in [0.717, 1.165) is 5.75 Å². The van der Waals surface area contributed by atoms with Crippen molar-refractivity contribution in [1.29, 1.82) is 0 Å². The van der Waals surface area contributed by atoms with Crippen LogP contribution in [0.25, 0.3) is 21.6 Å². The van der Waals surface area contributed by atoms with E-state index < -0.39 is 0 Å². The summed E-state index contributed by atoms with van der Waals surface area (Å²) < 4.78 is 5.47. The van der Waals surface area contributed by atoms with Gasteiger partial charge in [0, 0.05) is 4.88 Å². The highest BCUT2D eigenvalue weighted by molar-refractivity contribution is 7.13. The first-order valence-corrected chi connectivity index (χ1v) is 7.62. The van der Waals surface area contributed by atoms with Gasteiger partial charge in [0.1, 0.15) is 5.75 Å². The fourth-order valence-electron chi connectivity index (χ4n) is 2.18. The maximum absolute atomic E-state index is 5.47. The van der Waals surface area contributed by atoms with Crippen molar-refractivity contribution in [2.24, 2.45) is 0 Å². The molecule has 1 aromatic heterocycles. The summed E-state index contributed by atoms with van der Waals surface area (Å²) in [5, 5.41) is 2.11. The van der Waals surface area contributed by atoms with Crippen LogP contribution < -0.4 is 4.74 Å². The lowest BCUT2D eigenvalue weighted by molar-refractivity contribution is 0.340. The van der Waals surface area contributed by atoms with Gasteiger partial charge in [0.2, 0.25) is 0 Å². The van der Waals surface area contributed by atoms with Crippen molar-refractivity contribution in [2.75, 3.05) is 6.61 Å². The quantitative estimate of drug-likeness (QED) is 0.615. The van der Waals surface area contributed by atoms with Gasteiger partial charge in [-0.15, -0.1) is 11.3 Å². The van der Waals surface area contributed by atoms with Crippen LogP contribution in [0.2, 0.25) is 0 Å². The first kappa shape index (κ1) is 12.9. The van der Waals surface area contributed by atoms with E-state index >= 15 is 0 Å². The second-order valence-electron chi connectivity index (χ2n) is 4.51. The SMILES string of the molecule is CCOc1ccc(-c2ccc(-c3cccs3)cc2)cc1. The molecule has 3 rings (SSSR count). The van der Waals surface area contributed by atoms with Crippen LogP contribution in [-0.4, -0.2) is 6.61 Å². The Hall–Kier alpha value is -2.06. The van der Waals surface area contributed by atoms with Crippen molar-refractivity contribution in [3.8, 4) is 27.3 Å². The molecule has 0 N–H and O–H groups in total. The molecular formula is C18H16OS. The number of ether oxygens (including phenoxy) is 1. The Morgan fingerprint density at radius 3 is 1.95 bits per heavy atom. The van der Waals surface area contributed by atoms with Crippen molar-refractivity contribution < 1.29 is 4.74 Å². The molecule has 100 valence electrons. The summed E-state index contributed by atoms with van der Waals surface area (Å²) in [6.45, 7) is 2.70. The Bertz CT molecular complexity index is 652. The predicted molar refractivity (Wildman–Crippen MR) is 86.4 cm³/mol. The van der Waals surface area contributed by atoms with E-state index in [-0.39, 0.29) is 0 Å². The monoisotopic (exact) mass is 280 g/mol. The van der Waals surface area contributed by atoms with Gasteiger partial charge in [-0.3, -0.25) is 0 Å². The van der Waals surface area contributed by atoms with Crippen LogP contribution in [-0.2, 0) is 0 Å². The van der Waals surface area contributed by atoms with Crippen molar-refractivity contribution in [3.05, 3.63) is 66.0 Å². The summed E-state index contributed by atoms with van der Waals surface area (Å²) in [6, 6.07) is 21.2. The van der Waals surface area contributed by atoms with Crippen LogP contribution >= 0.6 is 11.3 Å². The lowest BCUT2D eigenvalue weighted by Crippen LogP contribution is -1.90. The van der Waals surface area contributed by atoms with Crippen molar-refractivity contribution in [2.45, 2.75) is 6.92 Å². The molecule has 2 aromatic carbocycles. The Labute approximate surface area is 123 Å². The van der Waals surface area contributed by atoms with E-state index in [1.54, 1.807) is 11.3 Å². The largest absolute Gasteiger partial charge is 0.494 e. The molecule has 0 radical (unpaired) electrons. The zero-order chi connectivity index (χ0) is 13.8. The second-order valence-corrected chi connectivity index (χ2v) is 5.46. The molecule has 0 aliphatic carbocycles. The summed E-state index contributed by atoms with van der Waals surface area (Å²) in [5.41, 5.74) is 3.72. The third kappa shape index (κ3) is 2.75. The molecule has 0 saturated heterocycles. The van der Waals surface area contributed by atoms with Gasteiger partial charge >= 0.3 is 0 Å². The normalized spacial score (nSPS) is 10.4. The van der Waals surface area contributed by atoms with Gasteiger partial charge in [-0.1, -0.05) is 42.5 Å². The van der Waals surface area contributed by atoms with E-state index in [0.29, 0.717) is 6.61 Å². The number of rotatable bonds is 4. The van der Waals surface area contributed by atoms with E-state index in [9.17, 15) is 0 Å². The molecule has 0 fully saturated rings. The van der Waals surface area contributed by atoms with Gasteiger partial charge in [0.05, 0.1) is 6.61 Å². The minimum atomic E-state index is 0.703. The highest BCUT2D eigenvalue weighted by atomic mass is 32.1. The van der Waals surface area contributed by atoms with Gasteiger partial charge in [-0.05, 0) is 47.2 Å². The summed E-state index contributed by atoms with van der Waals surface area (Å²) in [5.74, 6) is 0.923. The van der Waals surface area contributed by atoms with Crippen LogP contribution in [0.1, 0.15) is 6.92 Å². The number of thiophene rings is 1. The molecule has 0 saturated carbocycles. The molecule has 0 aliphatic heterocycles.